The van der Waals surface area contributed by atoms with E-state index in [4.69, 9.17) is 4.74 Å². The van der Waals surface area contributed by atoms with Gasteiger partial charge in [0.25, 0.3) is 0 Å². The van der Waals surface area contributed by atoms with Gasteiger partial charge in [0.1, 0.15) is 11.5 Å². The summed E-state index contributed by atoms with van der Waals surface area (Å²) in [6.45, 7) is 2.75. The lowest BCUT2D eigenvalue weighted by molar-refractivity contribution is 0.483. The van der Waals surface area contributed by atoms with Crippen LogP contribution in [-0.2, 0) is 6.54 Å². The van der Waals surface area contributed by atoms with Gasteiger partial charge in [0.2, 0.25) is 0 Å². The van der Waals surface area contributed by atoms with Crippen LogP contribution >= 0.6 is 0 Å². The van der Waals surface area contributed by atoms with Crippen LogP contribution in [0, 0.1) is 6.92 Å². The molecule has 4 nitrogen and oxygen atoms in total. The molecule has 3 aromatic rings. The molecule has 4 heteroatoms. The average molecular weight is 279 g/mol. The highest BCUT2D eigenvalue weighted by Gasteiger charge is 2.02. The first-order chi connectivity index (χ1) is 10.3. The number of nitrogens with zero attached hydrogens (tertiary/aromatic N) is 1. The predicted octanol–water partition coefficient (Wildman–Crippen LogP) is 4.12. The molecule has 2 aromatic carbocycles. The molecule has 1 aromatic heterocycles. The van der Waals surface area contributed by atoms with Crippen molar-refractivity contribution in [3.05, 3.63) is 72.1 Å². The number of H-pyrrole nitrogens is 1. The van der Waals surface area contributed by atoms with Crippen molar-refractivity contribution in [1.82, 2.24) is 10.2 Å². The number of ether oxygens (including phenoxy) is 1. The number of anilines is 1. The Balaban J connectivity index is 1.67. The number of hydrogen-bond donors (Lipinski definition) is 2. The van der Waals surface area contributed by atoms with Crippen molar-refractivity contribution in [2.45, 2.75) is 13.5 Å². The lowest BCUT2D eigenvalue weighted by Gasteiger charge is -2.09. The molecule has 106 valence electrons. The van der Waals surface area contributed by atoms with E-state index >= 15 is 0 Å². The van der Waals surface area contributed by atoms with E-state index in [1.807, 2.05) is 67.7 Å². The average Bonchev–Trinajstić information content (AvgIpc) is 2.92. The van der Waals surface area contributed by atoms with Gasteiger partial charge in [-0.15, -0.1) is 0 Å². The molecule has 0 aliphatic carbocycles. The predicted molar refractivity (Wildman–Crippen MR) is 83.6 cm³/mol. The zero-order valence-corrected chi connectivity index (χ0v) is 11.8. The molecular formula is C17H17N3O. The molecule has 21 heavy (non-hydrogen) atoms. The van der Waals surface area contributed by atoms with E-state index in [0.717, 1.165) is 35.0 Å². The van der Waals surface area contributed by atoms with Gasteiger partial charge in [-0.1, -0.05) is 24.3 Å². The Morgan fingerprint density at radius 2 is 1.86 bits per heavy atom. The van der Waals surface area contributed by atoms with Gasteiger partial charge >= 0.3 is 0 Å². The molecule has 0 aliphatic heterocycles. The van der Waals surface area contributed by atoms with E-state index in [9.17, 15) is 0 Å². The van der Waals surface area contributed by atoms with Crippen molar-refractivity contribution in [1.29, 1.82) is 0 Å². The minimum Gasteiger partial charge on any atom is -0.457 e. The summed E-state index contributed by atoms with van der Waals surface area (Å²) in [5.74, 6) is 1.65. The monoisotopic (exact) mass is 279 g/mol. The second kappa shape index (κ2) is 6.13. The molecule has 0 fully saturated rings. The van der Waals surface area contributed by atoms with Gasteiger partial charge in [0.05, 0.1) is 6.20 Å². The summed E-state index contributed by atoms with van der Waals surface area (Å²) >= 11 is 0. The molecule has 0 saturated carbocycles. The van der Waals surface area contributed by atoms with E-state index < -0.39 is 0 Å². The van der Waals surface area contributed by atoms with Crippen LogP contribution in [0.25, 0.3) is 0 Å². The van der Waals surface area contributed by atoms with Crippen molar-refractivity contribution >= 4 is 5.69 Å². The molecule has 0 atom stereocenters. The highest BCUT2D eigenvalue weighted by Crippen LogP contribution is 2.24. The van der Waals surface area contributed by atoms with Crippen LogP contribution in [0.3, 0.4) is 0 Å². The van der Waals surface area contributed by atoms with E-state index in [1.165, 1.54) is 0 Å². The summed E-state index contributed by atoms with van der Waals surface area (Å²) in [6.07, 6.45) is 1.84. The number of aromatic nitrogens is 2. The van der Waals surface area contributed by atoms with Gasteiger partial charge in [-0.05, 0) is 31.2 Å². The molecular weight excluding hydrogens is 262 g/mol. The highest BCUT2D eigenvalue weighted by atomic mass is 16.5. The Labute approximate surface area is 123 Å². The third-order valence-corrected chi connectivity index (χ3v) is 3.23. The molecule has 0 unspecified atom stereocenters. The Hall–Kier alpha value is -2.75. The number of para-hydroxylation sites is 1. The van der Waals surface area contributed by atoms with Crippen LogP contribution in [0.4, 0.5) is 5.69 Å². The van der Waals surface area contributed by atoms with Gasteiger partial charge in [-0.25, -0.2) is 0 Å². The Bertz CT molecular complexity index is 707. The van der Waals surface area contributed by atoms with Crippen molar-refractivity contribution < 1.29 is 4.74 Å². The van der Waals surface area contributed by atoms with Gasteiger partial charge in [0, 0.05) is 29.6 Å². The Morgan fingerprint density at radius 3 is 2.62 bits per heavy atom. The quantitative estimate of drug-likeness (QED) is 0.738. The zero-order valence-electron chi connectivity index (χ0n) is 11.8. The standard InChI is InChI=1S/C17H17N3O/c1-13-14(12-19-20-13)11-18-15-6-5-9-17(10-15)21-16-7-3-2-4-8-16/h2-10,12,18H,11H2,1H3,(H,19,20). The van der Waals surface area contributed by atoms with Crippen molar-refractivity contribution in [3.63, 3.8) is 0 Å². The molecule has 3 rings (SSSR count). The van der Waals surface area contributed by atoms with Crippen LogP contribution in [-0.4, -0.2) is 10.2 Å². The fourth-order valence-electron chi connectivity index (χ4n) is 2.05. The first kappa shape index (κ1) is 13.2. The van der Waals surface area contributed by atoms with Crippen molar-refractivity contribution in [2.24, 2.45) is 0 Å². The molecule has 0 spiro atoms. The third kappa shape index (κ3) is 3.42. The van der Waals surface area contributed by atoms with Crippen LogP contribution < -0.4 is 10.1 Å². The van der Waals surface area contributed by atoms with Crippen LogP contribution in [0.2, 0.25) is 0 Å². The SMILES string of the molecule is Cc1[nH]ncc1CNc1cccc(Oc2ccccc2)c1. The minimum atomic E-state index is 0.733. The summed E-state index contributed by atoms with van der Waals surface area (Å²) in [5.41, 5.74) is 3.26. The van der Waals surface area contributed by atoms with Crippen molar-refractivity contribution in [2.75, 3.05) is 5.32 Å². The number of aryl methyl sites for hydroxylation is 1. The Kier molecular flexibility index (Phi) is 3.87. The Morgan fingerprint density at radius 1 is 1.05 bits per heavy atom. The highest BCUT2D eigenvalue weighted by molar-refractivity contribution is 5.49. The minimum absolute atomic E-state index is 0.733. The maximum absolute atomic E-state index is 5.82. The summed E-state index contributed by atoms with van der Waals surface area (Å²) in [5, 5.41) is 10.3. The molecule has 2 N–H and O–H groups in total. The van der Waals surface area contributed by atoms with E-state index in [2.05, 4.69) is 15.5 Å². The number of rotatable bonds is 5. The first-order valence-corrected chi connectivity index (χ1v) is 6.87. The maximum atomic E-state index is 5.82. The second-order valence-corrected chi connectivity index (χ2v) is 4.82. The summed E-state index contributed by atoms with van der Waals surface area (Å²) < 4.78 is 5.82. The first-order valence-electron chi connectivity index (χ1n) is 6.87. The number of aromatic amines is 1. The molecule has 1 heterocycles. The van der Waals surface area contributed by atoms with E-state index in [-0.39, 0.29) is 0 Å². The fourth-order valence-corrected chi connectivity index (χ4v) is 2.05. The van der Waals surface area contributed by atoms with Gasteiger partial charge in [0.15, 0.2) is 0 Å². The van der Waals surface area contributed by atoms with Crippen LogP contribution in [0.15, 0.2) is 60.8 Å². The molecule has 0 radical (unpaired) electrons. The fraction of sp³-hybridized carbons (Fsp3) is 0.118. The molecule has 0 saturated heterocycles. The summed E-state index contributed by atoms with van der Waals surface area (Å²) in [6, 6.07) is 17.7. The topological polar surface area (TPSA) is 49.9 Å². The van der Waals surface area contributed by atoms with Crippen LogP contribution in [0.1, 0.15) is 11.3 Å². The largest absolute Gasteiger partial charge is 0.457 e. The van der Waals surface area contributed by atoms with Crippen molar-refractivity contribution in [3.8, 4) is 11.5 Å². The molecule has 0 bridgehead atoms. The number of hydrogen-bond acceptors (Lipinski definition) is 3. The number of benzene rings is 2. The van der Waals surface area contributed by atoms with Gasteiger partial charge in [-0.2, -0.15) is 5.10 Å². The molecule has 0 aliphatic rings. The number of nitrogens with one attached hydrogen (secondary N) is 2. The van der Waals surface area contributed by atoms with E-state index in [0.29, 0.717) is 0 Å². The van der Waals surface area contributed by atoms with Crippen LogP contribution in [0.5, 0.6) is 11.5 Å². The normalized spacial score (nSPS) is 10.3. The summed E-state index contributed by atoms with van der Waals surface area (Å²) in [4.78, 5) is 0. The third-order valence-electron chi connectivity index (χ3n) is 3.23. The smallest absolute Gasteiger partial charge is 0.129 e. The maximum Gasteiger partial charge on any atom is 0.129 e. The van der Waals surface area contributed by atoms with Gasteiger partial charge < -0.3 is 10.1 Å². The summed E-state index contributed by atoms with van der Waals surface area (Å²) in [7, 11) is 0. The van der Waals surface area contributed by atoms with E-state index in [1.54, 1.807) is 0 Å². The lowest BCUT2D eigenvalue weighted by Crippen LogP contribution is -1.99. The lowest BCUT2D eigenvalue weighted by atomic mass is 10.2. The zero-order chi connectivity index (χ0) is 14.5. The second-order valence-electron chi connectivity index (χ2n) is 4.82. The van der Waals surface area contributed by atoms with Gasteiger partial charge in [-0.3, -0.25) is 5.10 Å². The molecule has 0 amide bonds.